The van der Waals surface area contributed by atoms with Gasteiger partial charge in [0, 0.05) is 6.20 Å². The summed E-state index contributed by atoms with van der Waals surface area (Å²) in [5.41, 5.74) is 3.70. The van der Waals surface area contributed by atoms with E-state index in [0.29, 0.717) is 0 Å². The summed E-state index contributed by atoms with van der Waals surface area (Å²) in [5.74, 6) is 6.36. The number of rotatable bonds is 7. The maximum Gasteiger partial charge on any atom is 0.142 e. The number of nitrogens with zero attached hydrogens (tertiary/aromatic N) is 1. The molecule has 0 fully saturated rings. The van der Waals surface area contributed by atoms with Crippen LogP contribution in [0.1, 0.15) is 44.3 Å². The Morgan fingerprint density at radius 3 is 2.94 bits per heavy atom. The van der Waals surface area contributed by atoms with Crippen LogP contribution in [0.15, 0.2) is 18.3 Å². The van der Waals surface area contributed by atoms with Crippen LogP contribution in [0.2, 0.25) is 0 Å². The van der Waals surface area contributed by atoms with Gasteiger partial charge in [-0.3, -0.25) is 16.3 Å². The topological polar surface area (TPSA) is 60.2 Å². The lowest BCUT2D eigenvalue weighted by Crippen LogP contribution is -2.29. The van der Waals surface area contributed by atoms with E-state index in [1.807, 2.05) is 12.1 Å². The Hall–Kier alpha value is -1.13. The molecule has 0 aromatic carbocycles. The Kier molecular flexibility index (Phi) is 5.82. The molecule has 0 aliphatic carbocycles. The summed E-state index contributed by atoms with van der Waals surface area (Å²) in [7, 11) is 1.65. The molecule has 0 radical (unpaired) electrons. The van der Waals surface area contributed by atoms with E-state index in [4.69, 9.17) is 10.6 Å². The average Bonchev–Trinajstić information content (AvgIpc) is 2.35. The molecule has 1 rings (SSSR count). The Bertz CT molecular complexity index is 304. The van der Waals surface area contributed by atoms with Gasteiger partial charge < -0.3 is 4.74 Å². The SMILES string of the molecule is CCCCCC(NN)c1ncccc1OC. The fourth-order valence-corrected chi connectivity index (χ4v) is 1.73. The zero-order valence-electron chi connectivity index (χ0n) is 10.1. The standard InChI is InChI=1S/C12H21N3O/c1-3-4-5-7-10(15-13)12-11(16-2)8-6-9-14-12/h6,8-10,15H,3-5,7,13H2,1-2H3. The van der Waals surface area contributed by atoms with Gasteiger partial charge in [0.15, 0.2) is 0 Å². The van der Waals surface area contributed by atoms with Gasteiger partial charge in [0.05, 0.1) is 13.2 Å². The second kappa shape index (κ2) is 7.19. The average molecular weight is 223 g/mol. The maximum atomic E-state index is 5.57. The van der Waals surface area contributed by atoms with Crippen molar-refractivity contribution < 1.29 is 4.74 Å². The molecule has 0 aliphatic rings. The molecule has 4 nitrogen and oxygen atoms in total. The molecule has 16 heavy (non-hydrogen) atoms. The van der Waals surface area contributed by atoms with Gasteiger partial charge in [0.2, 0.25) is 0 Å². The van der Waals surface area contributed by atoms with Gasteiger partial charge >= 0.3 is 0 Å². The van der Waals surface area contributed by atoms with E-state index in [2.05, 4.69) is 17.3 Å². The number of nitrogens with two attached hydrogens (primary N) is 1. The van der Waals surface area contributed by atoms with Crippen molar-refractivity contribution in [2.75, 3.05) is 7.11 Å². The molecular weight excluding hydrogens is 202 g/mol. The minimum absolute atomic E-state index is 0.0719. The summed E-state index contributed by atoms with van der Waals surface area (Å²) in [4.78, 5) is 4.33. The molecule has 1 unspecified atom stereocenters. The Morgan fingerprint density at radius 2 is 2.31 bits per heavy atom. The maximum absolute atomic E-state index is 5.57. The Morgan fingerprint density at radius 1 is 1.50 bits per heavy atom. The highest BCUT2D eigenvalue weighted by Crippen LogP contribution is 2.25. The largest absolute Gasteiger partial charge is 0.495 e. The third kappa shape index (κ3) is 3.47. The van der Waals surface area contributed by atoms with E-state index in [9.17, 15) is 0 Å². The lowest BCUT2D eigenvalue weighted by Gasteiger charge is -2.17. The first kappa shape index (κ1) is 12.9. The summed E-state index contributed by atoms with van der Waals surface area (Å²) in [6.45, 7) is 2.19. The molecule has 1 atom stereocenters. The lowest BCUT2D eigenvalue weighted by molar-refractivity contribution is 0.387. The Balaban J connectivity index is 2.69. The van der Waals surface area contributed by atoms with E-state index >= 15 is 0 Å². The number of nitrogens with one attached hydrogen (secondary N) is 1. The second-order valence-electron chi connectivity index (χ2n) is 3.81. The van der Waals surface area contributed by atoms with Crippen LogP contribution in [0.5, 0.6) is 5.75 Å². The van der Waals surface area contributed by atoms with E-state index < -0.39 is 0 Å². The van der Waals surface area contributed by atoms with Crippen LogP contribution in [-0.4, -0.2) is 12.1 Å². The van der Waals surface area contributed by atoms with Crippen LogP contribution in [0.4, 0.5) is 0 Å². The van der Waals surface area contributed by atoms with Gasteiger partial charge in [-0.15, -0.1) is 0 Å². The molecule has 0 saturated heterocycles. The number of pyridine rings is 1. The molecule has 1 aromatic heterocycles. The fraction of sp³-hybridized carbons (Fsp3) is 0.583. The van der Waals surface area contributed by atoms with Crippen LogP contribution >= 0.6 is 0 Å². The highest BCUT2D eigenvalue weighted by atomic mass is 16.5. The molecule has 3 N–H and O–H groups in total. The molecule has 0 bridgehead atoms. The number of hydrazine groups is 1. The van der Waals surface area contributed by atoms with Crippen LogP contribution < -0.4 is 16.0 Å². The minimum Gasteiger partial charge on any atom is -0.495 e. The third-order valence-electron chi connectivity index (χ3n) is 2.65. The van der Waals surface area contributed by atoms with Gasteiger partial charge in [-0.25, -0.2) is 0 Å². The number of unbranched alkanes of at least 4 members (excludes halogenated alkanes) is 2. The lowest BCUT2D eigenvalue weighted by atomic mass is 10.0. The van der Waals surface area contributed by atoms with E-state index in [0.717, 1.165) is 24.3 Å². The zero-order valence-corrected chi connectivity index (χ0v) is 10.1. The van der Waals surface area contributed by atoms with Gasteiger partial charge in [0.1, 0.15) is 11.4 Å². The molecule has 4 heteroatoms. The van der Waals surface area contributed by atoms with Crippen molar-refractivity contribution in [3.63, 3.8) is 0 Å². The normalized spacial score (nSPS) is 12.4. The second-order valence-corrected chi connectivity index (χ2v) is 3.81. The van der Waals surface area contributed by atoms with Gasteiger partial charge in [0.25, 0.3) is 0 Å². The molecule has 0 saturated carbocycles. The quantitative estimate of drug-likeness (QED) is 0.422. The zero-order chi connectivity index (χ0) is 11.8. The first-order chi connectivity index (χ1) is 7.83. The van der Waals surface area contributed by atoms with Crippen LogP contribution in [0, 0.1) is 0 Å². The predicted octanol–water partition coefficient (Wildman–Crippen LogP) is 2.17. The molecule has 1 heterocycles. The summed E-state index contributed by atoms with van der Waals surface area (Å²) >= 11 is 0. The van der Waals surface area contributed by atoms with E-state index in [-0.39, 0.29) is 6.04 Å². The predicted molar refractivity (Wildman–Crippen MR) is 65.0 cm³/mol. The summed E-state index contributed by atoms with van der Waals surface area (Å²) < 4.78 is 5.28. The van der Waals surface area contributed by atoms with Gasteiger partial charge in [-0.2, -0.15) is 0 Å². The first-order valence-electron chi connectivity index (χ1n) is 5.78. The molecular formula is C12H21N3O. The number of hydrogen-bond donors (Lipinski definition) is 2. The minimum atomic E-state index is 0.0719. The molecule has 0 aliphatic heterocycles. The molecule has 90 valence electrons. The van der Waals surface area contributed by atoms with Crippen molar-refractivity contribution in [3.8, 4) is 5.75 Å². The van der Waals surface area contributed by atoms with Crippen molar-refractivity contribution in [1.82, 2.24) is 10.4 Å². The highest BCUT2D eigenvalue weighted by molar-refractivity contribution is 5.29. The van der Waals surface area contributed by atoms with Crippen molar-refractivity contribution in [2.24, 2.45) is 5.84 Å². The van der Waals surface area contributed by atoms with Crippen LogP contribution in [-0.2, 0) is 0 Å². The monoisotopic (exact) mass is 223 g/mol. The van der Waals surface area contributed by atoms with Crippen molar-refractivity contribution in [1.29, 1.82) is 0 Å². The fourth-order valence-electron chi connectivity index (χ4n) is 1.73. The smallest absolute Gasteiger partial charge is 0.142 e. The van der Waals surface area contributed by atoms with E-state index in [1.165, 1.54) is 12.8 Å². The van der Waals surface area contributed by atoms with Crippen molar-refractivity contribution >= 4 is 0 Å². The van der Waals surface area contributed by atoms with Crippen molar-refractivity contribution in [2.45, 2.75) is 38.6 Å². The number of ether oxygens (including phenoxy) is 1. The van der Waals surface area contributed by atoms with Crippen LogP contribution in [0.3, 0.4) is 0 Å². The highest BCUT2D eigenvalue weighted by Gasteiger charge is 2.15. The Labute approximate surface area is 97.2 Å². The molecule has 0 amide bonds. The number of aromatic nitrogens is 1. The summed E-state index contributed by atoms with van der Waals surface area (Å²) in [6.07, 6.45) is 6.31. The number of methoxy groups -OCH3 is 1. The van der Waals surface area contributed by atoms with E-state index in [1.54, 1.807) is 13.3 Å². The summed E-state index contributed by atoms with van der Waals surface area (Å²) in [5, 5.41) is 0. The van der Waals surface area contributed by atoms with Gasteiger partial charge in [-0.05, 0) is 18.6 Å². The van der Waals surface area contributed by atoms with Crippen molar-refractivity contribution in [3.05, 3.63) is 24.0 Å². The number of hydrogen-bond acceptors (Lipinski definition) is 4. The molecule has 0 spiro atoms. The first-order valence-corrected chi connectivity index (χ1v) is 5.78. The molecule has 1 aromatic rings. The summed E-state index contributed by atoms with van der Waals surface area (Å²) in [6, 6.07) is 3.84. The van der Waals surface area contributed by atoms with Gasteiger partial charge in [-0.1, -0.05) is 26.2 Å². The third-order valence-corrected chi connectivity index (χ3v) is 2.65. The van der Waals surface area contributed by atoms with Crippen LogP contribution in [0.25, 0.3) is 0 Å².